The molecule has 0 bridgehead atoms. The van der Waals surface area contributed by atoms with E-state index in [2.05, 4.69) is 9.97 Å². The third kappa shape index (κ3) is 1.95. The van der Waals surface area contributed by atoms with Crippen molar-refractivity contribution in [2.75, 3.05) is 5.73 Å². The van der Waals surface area contributed by atoms with Crippen molar-refractivity contribution < 1.29 is 0 Å². The maximum absolute atomic E-state index is 6.13. The Morgan fingerprint density at radius 1 is 1.28 bits per heavy atom. The number of nitrogen functional groups attached to an aromatic ring is 1. The van der Waals surface area contributed by atoms with Gasteiger partial charge in [0.1, 0.15) is 5.82 Å². The highest BCUT2D eigenvalue weighted by atomic mass is 35.5. The fraction of sp³-hybridized carbons (Fsp3) is 0.231. The standard InChI is InChI=1S/C13H12ClN3S/c1-7-2-3-8(4-10(7)14)13-16-11-6-18-5-9(11)12(15)17-13/h2-4H,5-6H2,1H3,(H2,15,16,17). The van der Waals surface area contributed by atoms with Gasteiger partial charge in [0.05, 0.1) is 5.69 Å². The van der Waals surface area contributed by atoms with E-state index in [0.29, 0.717) is 11.6 Å². The largest absolute Gasteiger partial charge is 0.383 e. The van der Waals surface area contributed by atoms with Crippen LogP contribution in [0.5, 0.6) is 0 Å². The summed E-state index contributed by atoms with van der Waals surface area (Å²) in [6.07, 6.45) is 0. The molecule has 1 aromatic carbocycles. The minimum absolute atomic E-state index is 0.594. The number of hydrogen-bond acceptors (Lipinski definition) is 4. The van der Waals surface area contributed by atoms with Crippen molar-refractivity contribution >= 4 is 29.2 Å². The Bertz CT molecular complexity index is 628. The molecule has 0 aliphatic carbocycles. The summed E-state index contributed by atoms with van der Waals surface area (Å²) in [5, 5.41) is 0.726. The molecule has 2 aromatic rings. The number of thioether (sulfide) groups is 1. The van der Waals surface area contributed by atoms with Gasteiger partial charge in [-0.3, -0.25) is 0 Å². The lowest BCUT2D eigenvalue weighted by atomic mass is 10.1. The summed E-state index contributed by atoms with van der Waals surface area (Å²) >= 11 is 7.95. The second kappa shape index (κ2) is 4.44. The van der Waals surface area contributed by atoms with Crippen LogP contribution in [0.15, 0.2) is 18.2 Å². The van der Waals surface area contributed by atoms with Crippen LogP contribution in [0.3, 0.4) is 0 Å². The normalized spacial score (nSPS) is 13.7. The van der Waals surface area contributed by atoms with Gasteiger partial charge in [0.15, 0.2) is 5.82 Å². The first-order valence-electron chi connectivity index (χ1n) is 5.64. The molecule has 0 radical (unpaired) electrons. The van der Waals surface area contributed by atoms with Gasteiger partial charge in [-0.05, 0) is 18.6 Å². The first-order chi connectivity index (χ1) is 8.65. The molecule has 3 nitrogen and oxygen atoms in total. The predicted octanol–water partition coefficient (Wildman–Crippen LogP) is 3.43. The van der Waals surface area contributed by atoms with Crippen LogP contribution in [0.25, 0.3) is 11.4 Å². The van der Waals surface area contributed by atoms with Crippen molar-refractivity contribution in [2.24, 2.45) is 0 Å². The zero-order valence-electron chi connectivity index (χ0n) is 9.90. The van der Waals surface area contributed by atoms with Crippen LogP contribution in [0.2, 0.25) is 5.02 Å². The van der Waals surface area contributed by atoms with Gasteiger partial charge in [-0.25, -0.2) is 9.97 Å². The molecule has 2 N–H and O–H groups in total. The van der Waals surface area contributed by atoms with Gasteiger partial charge >= 0.3 is 0 Å². The second-order valence-electron chi connectivity index (χ2n) is 4.31. The molecule has 5 heteroatoms. The van der Waals surface area contributed by atoms with Gasteiger partial charge in [-0.15, -0.1) is 0 Å². The van der Waals surface area contributed by atoms with Crippen LogP contribution in [0.1, 0.15) is 16.8 Å². The third-order valence-electron chi connectivity index (χ3n) is 3.04. The quantitative estimate of drug-likeness (QED) is 0.868. The average Bonchev–Trinajstić information content (AvgIpc) is 2.81. The Morgan fingerprint density at radius 3 is 2.89 bits per heavy atom. The molecule has 0 spiro atoms. The lowest BCUT2D eigenvalue weighted by Crippen LogP contribution is -2.02. The predicted molar refractivity (Wildman–Crippen MR) is 76.6 cm³/mol. The van der Waals surface area contributed by atoms with Crippen LogP contribution in [-0.2, 0) is 11.5 Å². The van der Waals surface area contributed by atoms with Crippen molar-refractivity contribution in [3.8, 4) is 11.4 Å². The summed E-state index contributed by atoms with van der Waals surface area (Å²) < 4.78 is 0. The van der Waals surface area contributed by atoms with E-state index in [1.54, 1.807) is 0 Å². The van der Waals surface area contributed by atoms with Crippen LogP contribution in [-0.4, -0.2) is 9.97 Å². The summed E-state index contributed by atoms with van der Waals surface area (Å²) in [7, 11) is 0. The molecule has 0 amide bonds. The molecule has 0 fully saturated rings. The zero-order valence-corrected chi connectivity index (χ0v) is 11.5. The highest BCUT2D eigenvalue weighted by Gasteiger charge is 2.18. The molecule has 2 heterocycles. The Hall–Kier alpha value is -1.26. The van der Waals surface area contributed by atoms with E-state index in [9.17, 15) is 0 Å². The molecule has 1 aromatic heterocycles. The van der Waals surface area contributed by atoms with E-state index in [1.165, 1.54) is 0 Å². The SMILES string of the molecule is Cc1ccc(-c2nc(N)c3c(n2)CSC3)cc1Cl. The number of fused-ring (bicyclic) bond motifs is 1. The molecule has 1 aliphatic heterocycles. The average molecular weight is 278 g/mol. The molecule has 1 aliphatic rings. The van der Waals surface area contributed by atoms with E-state index in [4.69, 9.17) is 17.3 Å². The van der Waals surface area contributed by atoms with Crippen LogP contribution in [0, 0.1) is 6.92 Å². The summed E-state index contributed by atoms with van der Waals surface area (Å²) in [6, 6.07) is 5.84. The molecule has 3 rings (SSSR count). The Labute approximate surface area is 115 Å². The summed E-state index contributed by atoms with van der Waals surface area (Å²) in [6.45, 7) is 1.97. The lowest BCUT2D eigenvalue weighted by Gasteiger charge is -2.07. The van der Waals surface area contributed by atoms with E-state index in [0.717, 1.165) is 38.9 Å². The van der Waals surface area contributed by atoms with Gasteiger partial charge in [0, 0.05) is 27.7 Å². The third-order valence-corrected chi connectivity index (χ3v) is 4.42. The number of nitrogens with zero attached hydrogens (tertiary/aromatic N) is 2. The smallest absolute Gasteiger partial charge is 0.161 e. The second-order valence-corrected chi connectivity index (χ2v) is 5.71. The molecule has 0 atom stereocenters. The summed E-state index contributed by atoms with van der Waals surface area (Å²) in [5.41, 5.74) is 10.1. The molecular formula is C13H12ClN3S. The van der Waals surface area contributed by atoms with Gasteiger partial charge in [0.25, 0.3) is 0 Å². The van der Waals surface area contributed by atoms with Crippen molar-refractivity contribution in [3.63, 3.8) is 0 Å². The number of halogens is 1. The van der Waals surface area contributed by atoms with Gasteiger partial charge < -0.3 is 5.73 Å². The summed E-state index contributed by atoms with van der Waals surface area (Å²) in [4.78, 5) is 8.97. The number of anilines is 1. The number of rotatable bonds is 1. The molecule has 0 saturated heterocycles. The number of aryl methyl sites for hydroxylation is 1. The maximum atomic E-state index is 6.13. The van der Waals surface area contributed by atoms with E-state index in [-0.39, 0.29) is 0 Å². The first-order valence-corrected chi connectivity index (χ1v) is 7.18. The monoisotopic (exact) mass is 277 g/mol. The summed E-state index contributed by atoms with van der Waals surface area (Å²) in [5.74, 6) is 3.08. The van der Waals surface area contributed by atoms with Gasteiger partial charge in [-0.2, -0.15) is 11.8 Å². The minimum atomic E-state index is 0.594. The van der Waals surface area contributed by atoms with Crippen molar-refractivity contribution in [1.29, 1.82) is 0 Å². The fourth-order valence-corrected chi connectivity index (χ4v) is 3.17. The van der Waals surface area contributed by atoms with Gasteiger partial charge in [-0.1, -0.05) is 23.7 Å². The van der Waals surface area contributed by atoms with E-state index in [1.807, 2.05) is 36.9 Å². The highest BCUT2D eigenvalue weighted by Crippen LogP contribution is 2.33. The number of benzene rings is 1. The maximum Gasteiger partial charge on any atom is 0.161 e. The minimum Gasteiger partial charge on any atom is -0.383 e. The molecule has 0 saturated carbocycles. The molecule has 92 valence electrons. The number of nitrogens with two attached hydrogens (primary N) is 1. The van der Waals surface area contributed by atoms with Crippen molar-refractivity contribution in [3.05, 3.63) is 40.0 Å². The Morgan fingerprint density at radius 2 is 2.11 bits per heavy atom. The Balaban J connectivity index is 2.12. The topological polar surface area (TPSA) is 51.8 Å². The lowest BCUT2D eigenvalue weighted by molar-refractivity contribution is 1.08. The van der Waals surface area contributed by atoms with Gasteiger partial charge in [0.2, 0.25) is 0 Å². The van der Waals surface area contributed by atoms with E-state index >= 15 is 0 Å². The molecular weight excluding hydrogens is 266 g/mol. The molecule has 0 unspecified atom stereocenters. The Kier molecular flexibility index (Phi) is 2.92. The first kappa shape index (κ1) is 11.8. The van der Waals surface area contributed by atoms with Crippen LogP contribution < -0.4 is 5.73 Å². The fourth-order valence-electron chi connectivity index (χ4n) is 1.94. The van der Waals surface area contributed by atoms with Crippen LogP contribution >= 0.6 is 23.4 Å². The van der Waals surface area contributed by atoms with Crippen molar-refractivity contribution in [2.45, 2.75) is 18.4 Å². The zero-order chi connectivity index (χ0) is 12.7. The van der Waals surface area contributed by atoms with E-state index < -0.39 is 0 Å². The number of hydrogen-bond donors (Lipinski definition) is 1. The highest BCUT2D eigenvalue weighted by molar-refractivity contribution is 7.98. The van der Waals surface area contributed by atoms with Crippen molar-refractivity contribution in [1.82, 2.24) is 9.97 Å². The van der Waals surface area contributed by atoms with Crippen LogP contribution in [0.4, 0.5) is 5.82 Å². The molecule has 18 heavy (non-hydrogen) atoms. The number of aromatic nitrogens is 2.